The van der Waals surface area contributed by atoms with Crippen molar-refractivity contribution in [3.8, 4) is 11.3 Å². The second-order valence-corrected chi connectivity index (χ2v) is 7.59. The standard InChI is InChI=1S/C14H15ClN2O2S/c1-14(2,3)20(18)16-9-12-8-13(19-17-12)10-4-6-11(15)7-5-10/h4-9H,1-3H3/t20-/m1/s1. The van der Waals surface area contributed by atoms with E-state index in [4.69, 9.17) is 16.1 Å². The van der Waals surface area contributed by atoms with Crippen molar-refractivity contribution in [1.29, 1.82) is 0 Å². The van der Waals surface area contributed by atoms with Crippen LogP contribution in [0.5, 0.6) is 0 Å². The average Bonchev–Trinajstić information content (AvgIpc) is 2.84. The quantitative estimate of drug-likeness (QED) is 0.638. The van der Waals surface area contributed by atoms with E-state index in [1.54, 1.807) is 18.2 Å². The molecule has 0 fully saturated rings. The lowest BCUT2D eigenvalue weighted by Crippen LogP contribution is -2.25. The number of hydrogen-bond donors (Lipinski definition) is 0. The molecule has 0 aliphatic heterocycles. The van der Waals surface area contributed by atoms with Gasteiger partial charge in [-0.2, -0.15) is 0 Å². The summed E-state index contributed by atoms with van der Waals surface area (Å²) in [5, 5.41) is 4.54. The summed E-state index contributed by atoms with van der Waals surface area (Å²) in [6.45, 7) is 5.59. The fourth-order valence-corrected chi connectivity index (χ4v) is 2.01. The van der Waals surface area contributed by atoms with E-state index in [1.807, 2.05) is 32.9 Å². The molecule has 0 N–H and O–H groups in total. The van der Waals surface area contributed by atoms with Crippen molar-refractivity contribution >= 4 is 29.2 Å². The van der Waals surface area contributed by atoms with Crippen LogP contribution in [0.2, 0.25) is 5.02 Å². The van der Waals surface area contributed by atoms with E-state index < -0.39 is 11.4 Å². The van der Waals surface area contributed by atoms with Crippen LogP contribution in [0.3, 0.4) is 0 Å². The molecule has 1 atom stereocenters. The van der Waals surface area contributed by atoms with E-state index in [9.17, 15) is 4.55 Å². The van der Waals surface area contributed by atoms with Gasteiger partial charge in [0.25, 0.3) is 0 Å². The molecule has 0 amide bonds. The smallest absolute Gasteiger partial charge is 0.167 e. The number of aromatic nitrogens is 1. The Balaban J connectivity index is 2.13. The van der Waals surface area contributed by atoms with Crippen molar-refractivity contribution in [3.63, 3.8) is 0 Å². The number of hydrogen-bond acceptors (Lipinski definition) is 4. The van der Waals surface area contributed by atoms with Gasteiger partial charge in [0.1, 0.15) is 28.0 Å². The molecule has 2 aromatic rings. The molecule has 6 heteroatoms. The number of rotatable bonds is 3. The van der Waals surface area contributed by atoms with Gasteiger partial charge in [0.15, 0.2) is 5.76 Å². The van der Waals surface area contributed by atoms with Crippen molar-refractivity contribution < 1.29 is 9.08 Å². The molecular weight excluding hydrogens is 296 g/mol. The summed E-state index contributed by atoms with van der Waals surface area (Å²) in [5.41, 5.74) is 1.41. The first-order valence-electron chi connectivity index (χ1n) is 6.05. The lowest BCUT2D eigenvalue weighted by Gasteiger charge is -2.17. The monoisotopic (exact) mass is 310 g/mol. The Morgan fingerprint density at radius 2 is 1.95 bits per heavy atom. The zero-order valence-corrected chi connectivity index (χ0v) is 13.0. The zero-order valence-electron chi connectivity index (χ0n) is 11.5. The van der Waals surface area contributed by atoms with Gasteiger partial charge in [-0.3, -0.25) is 0 Å². The normalized spacial score (nSPS) is 13.8. The molecule has 20 heavy (non-hydrogen) atoms. The third-order valence-corrected chi connectivity index (χ3v) is 4.06. The van der Waals surface area contributed by atoms with Gasteiger partial charge in [0, 0.05) is 16.7 Å². The predicted molar refractivity (Wildman–Crippen MR) is 82.4 cm³/mol. The Bertz CT molecular complexity index is 602. The molecule has 0 saturated heterocycles. The van der Waals surface area contributed by atoms with Crippen molar-refractivity contribution in [2.75, 3.05) is 0 Å². The van der Waals surface area contributed by atoms with Crippen LogP contribution in [-0.2, 0) is 11.4 Å². The Kier molecular flexibility index (Phi) is 4.52. The number of benzene rings is 1. The van der Waals surface area contributed by atoms with E-state index in [0.717, 1.165) is 5.56 Å². The average molecular weight is 311 g/mol. The summed E-state index contributed by atoms with van der Waals surface area (Å²) in [6.07, 6.45) is 1.46. The molecule has 0 aliphatic rings. The fourth-order valence-electron chi connectivity index (χ4n) is 1.36. The molecule has 1 heterocycles. The van der Waals surface area contributed by atoms with E-state index in [2.05, 4.69) is 9.55 Å². The largest absolute Gasteiger partial charge is 0.591 e. The highest BCUT2D eigenvalue weighted by Crippen LogP contribution is 2.22. The first-order valence-corrected chi connectivity index (χ1v) is 7.53. The second kappa shape index (κ2) is 5.99. The van der Waals surface area contributed by atoms with Crippen LogP contribution in [0.15, 0.2) is 39.3 Å². The first kappa shape index (κ1) is 15.1. The summed E-state index contributed by atoms with van der Waals surface area (Å²) in [5.74, 6) is 0.615. The van der Waals surface area contributed by atoms with Gasteiger partial charge in [0.2, 0.25) is 0 Å². The van der Waals surface area contributed by atoms with Gasteiger partial charge < -0.3 is 9.08 Å². The molecule has 0 spiro atoms. The minimum atomic E-state index is -1.31. The topological polar surface area (TPSA) is 61.5 Å². The van der Waals surface area contributed by atoms with E-state index in [-0.39, 0.29) is 4.75 Å². The van der Waals surface area contributed by atoms with Crippen LogP contribution < -0.4 is 0 Å². The van der Waals surface area contributed by atoms with Crippen LogP contribution in [-0.4, -0.2) is 20.7 Å². The molecule has 0 radical (unpaired) electrons. The highest BCUT2D eigenvalue weighted by atomic mass is 35.5. The number of nitrogens with zero attached hydrogens (tertiary/aromatic N) is 2. The van der Waals surface area contributed by atoms with Gasteiger partial charge in [-0.15, -0.1) is 0 Å². The molecule has 1 aromatic heterocycles. The van der Waals surface area contributed by atoms with Crippen molar-refractivity contribution in [2.45, 2.75) is 25.5 Å². The highest BCUT2D eigenvalue weighted by Gasteiger charge is 2.25. The highest BCUT2D eigenvalue weighted by molar-refractivity contribution is 7.91. The first-order chi connectivity index (χ1) is 9.36. The molecule has 106 valence electrons. The second-order valence-electron chi connectivity index (χ2n) is 5.22. The Labute approximate surface area is 126 Å². The van der Waals surface area contributed by atoms with Crippen molar-refractivity contribution in [1.82, 2.24) is 5.16 Å². The summed E-state index contributed by atoms with van der Waals surface area (Å²) in [4.78, 5) is 0. The fraction of sp³-hybridized carbons (Fsp3) is 0.286. The summed E-state index contributed by atoms with van der Waals surface area (Å²) in [7, 11) is 0. The van der Waals surface area contributed by atoms with Crippen molar-refractivity contribution in [3.05, 3.63) is 41.0 Å². The van der Waals surface area contributed by atoms with Crippen LogP contribution in [0.4, 0.5) is 0 Å². The van der Waals surface area contributed by atoms with Gasteiger partial charge >= 0.3 is 0 Å². The van der Waals surface area contributed by atoms with Gasteiger partial charge in [0.05, 0.1) is 0 Å². The van der Waals surface area contributed by atoms with Crippen molar-refractivity contribution in [2.24, 2.45) is 4.40 Å². The van der Waals surface area contributed by atoms with Gasteiger partial charge in [-0.05, 0) is 45.0 Å². The minimum Gasteiger partial charge on any atom is -0.591 e. The van der Waals surface area contributed by atoms with Crippen LogP contribution in [0.1, 0.15) is 26.5 Å². The summed E-state index contributed by atoms with van der Waals surface area (Å²) < 4.78 is 20.6. The lowest BCUT2D eigenvalue weighted by molar-refractivity contribution is 0.431. The van der Waals surface area contributed by atoms with Crippen LogP contribution in [0, 0.1) is 0 Å². The molecular formula is C14H15ClN2O2S. The third-order valence-electron chi connectivity index (χ3n) is 2.46. The van der Waals surface area contributed by atoms with Gasteiger partial charge in [-0.25, -0.2) is 0 Å². The molecule has 1 aromatic carbocycles. The lowest BCUT2D eigenvalue weighted by atomic mass is 10.2. The maximum Gasteiger partial charge on any atom is 0.167 e. The number of halogens is 1. The molecule has 4 nitrogen and oxygen atoms in total. The molecule has 2 rings (SSSR count). The Morgan fingerprint density at radius 3 is 2.55 bits per heavy atom. The Morgan fingerprint density at radius 1 is 1.30 bits per heavy atom. The minimum absolute atomic E-state index is 0.390. The maximum atomic E-state index is 11.8. The summed E-state index contributed by atoms with van der Waals surface area (Å²) >= 11 is 4.52. The van der Waals surface area contributed by atoms with E-state index in [0.29, 0.717) is 16.5 Å². The van der Waals surface area contributed by atoms with Crippen LogP contribution >= 0.6 is 11.6 Å². The summed E-state index contributed by atoms with van der Waals surface area (Å²) in [6, 6.07) is 8.99. The third kappa shape index (κ3) is 3.85. The van der Waals surface area contributed by atoms with Gasteiger partial charge in [-0.1, -0.05) is 21.2 Å². The molecule has 0 aliphatic carbocycles. The Hall–Kier alpha value is -1.30. The maximum absolute atomic E-state index is 11.8. The zero-order chi connectivity index (χ0) is 14.8. The SMILES string of the molecule is CC(C)(C)[S@@+]([O-])N=Cc1cc(-c2ccc(Cl)cc2)on1. The predicted octanol–water partition coefficient (Wildman–Crippen LogP) is 3.88. The molecule has 0 unspecified atom stereocenters. The molecule has 0 saturated carbocycles. The van der Waals surface area contributed by atoms with Crippen LogP contribution in [0.25, 0.3) is 11.3 Å². The molecule has 0 bridgehead atoms. The van der Waals surface area contributed by atoms with E-state index >= 15 is 0 Å². The van der Waals surface area contributed by atoms with E-state index in [1.165, 1.54) is 6.21 Å².